The summed E-state index contributed by atoms with van der Waals surface area (Å²) in [5.74, 6) is -0.234. The van der Waals surface area contributed by atoms with Crippen LogP contribution in [0.5, 0.6) is 0 Å². The van der Waals surface area contributed by atoms with Crippen molar-refractivity contribution in [3.8, 4) is 11.3 Å². The molecular weight excluding hydrogens is 368 g/mol. The topological polar surface area (TPSA) is 59.2 Å². The van der Waals surface area contributed by atoms with Gasteiger partial charge in [-0.15, -0.1) is 0 Å². The maximum absolute atomic E-state index is 11.1. The van der Waals surface area contributed by atoms with Crippen molar-refractivity contribution in [1.82, 2.24) is 14.4 Å². The highest BCUT2D eigenvalue weighted by atomic mass is 32.1. The standard InChI is InChI=1S/C22H24N4OS/c23-21(27)11-12-25-13-15-26(16-14-25,19-9-5-2-6-10-19)22-24-20(17-28-22)18-7-3-1-4-8-18/h1-10,17H,11-16H2,(H-,23,27)/p+1. The van der Waals surface area contributed by atoms with Gasteiger partial charge < -0.3 is 5.73 Å². The molecule has 0 spiro atoms. The largest absolute Gasteiger partial charge is 0.370 e. The number of aromatic nitrogens is 1. The molecule has 2 heterocycles. The van der Waals surface area contributed by atoms with E-state index in [4.69, 9.17) is 10.7 Å². The number of hydrogen-bond donors (Lipinski definition) is 1. The number of para-hydroxylation sites is 1. The number of benzene rings is 2. The molecule has 4 rings (SSSR count). The van der Waals surface area contributed by atoms with Crippen LogP contribution in [0.15, 0.2) is 66.0 Å². The zero-order chi connectivity index (χ0) is 19.4. The van der Waals surface area contributed by atoms with Crippen LogP contribution in [0.25, 0.3) is 11.3 Å². The van der Waals surface area contributed by atoms with E-state index in [0.29, 0.717) is 6.42 Å². The fourth-order valence-corrected chi connectivity index (χ4v) is 4.86. The van der Waals surface area contributed by atoms with Gasteiger partial charge in [-0.1, -0.05) is 59.9 Å². The Bertz CT molecular complexity index is 918. The van der Waals surface area contributed by atoms with Crippen molar-refractivity contribution in [3.63, 3.8) is 0 Å². The lowest BCUT2D eigenvalue weighted by atomic mass is 10.1. The van der Waals surface area contributed by atoms with E-state index < -0.39 is 0 Å². The maximum atomic E-state index is 11.1. The van der Waals surface area contributed by atoms with Gasteiger partial charge in [-0.05, 0) is 12.1 Å². The highest BCUT2D eigenvalue weighted by molar-refractivity contribution is 7.13. The average Bonchev–Trinajstić information content (AvgIpc) is 3.25. The number of rotatable bonds is 6. The van der Waals surface area contributed by atoms with E-state index in [2.05, 4.69) is 52.7 Å². The molecule has 0 saturated carbocycles. The van der Waals surface area contributed by atoms with Gasteiger partial charge in [0.1, 0.15) is 18.8 Å². The maximum Gasteiger partial charge on any atom is 0.291 e. The van der Waals surface area contributed by atoms with E-state index in [1.807, 2.05) is 18.2 Å². The van der Waals surface area contributed by atoms with Crippen molar-refractivity contribution in [2.45, 2.75) is 6.42 Å². The van der Waals surface area contributed by atoms with E-state index in [-0.39, 0.29) is 5.91 Å². The van der Waals surface area contributed by atoms with Gasteiger partial charge in [-0.2, -0.15) is 4.98 Å². The van der Waals surface area contributed by atoms with Crippen LogP contribution in [-0.2, 0) is 4.79 Å². The molecule has 0 unspecified atom stereocenters. The molecule has 2 aromatic carbocycles. The van der Waals surface area contributed by atoms with Crippen molar-refractivity contribution in [1.29, 1.82) is 0 Å². The highest BCUT2D eigenvalue weighted by Gasteiger charge is 2.40. The van der Waals surface area contributed by atoms with Gasteiger partial charge in [0.2, 0.25) is 5.91 Å². The van der Waals surface area contributed by atoms with Crippen LogP contribution in [0.4, 0.5) is 10.8 Å². The Balaban J connectivity index is 1.63. The van der Waals surface area contributed by atoms with Gasteiger partial charge in [-0.3, -0.25) is 9.69 Å². The van der Waals surface area contributed by atoms with E-state index in [0.717, 1.165) is 53.6 Å². The first kappa shape index (κ1) is 18.8. The molecule has 0 radical (unpaired) electrons. The van der Waals surface area contributed by atoms with Crippen LogP contribution in [0.3, 0.4) is 0 Å². The number of carbonyl (C=O) groups is 1. The zero-order valence-electron chi connectivity index (χ0n) is 15.8. The van der Waals surface area contributed by atoms with E-state index in [9.17, 15) is 4.79 Å². The van der Waals surface area contributed by atoms with Crippen LogP contribution < -0.4 is 10.2 Å². The molecule has 0 aliphatic carbocycles. The van der Waals surface area contributed by atoms with E-state index >= 15 is 0 Å². The molecule has 0 bridgehead atoms. The summed E-state index contributed by atoms with van der Waals surface area (Å²) in [4.78, 5) is 18.5. The number of hydrogen-bond acceptors (Lipinski definition) is 4. The number of amides is 1. The van der Waals surface area contributed by atoms with Gasteiger partial charge in [0, 0.05) is 37.0 Å². The second-order valence-electron chi connectivity index (χ2n) is 7.19. The summed E-state index contributed by atoms with van der Waals surface area (Å²) >= 11 is 1.73. The van der Waals surface area contributed by atoms with Gasteiger partial charge in [-0.25, -0.2) is 4.48 Å². The fourth-order valence-electron chi connectivity index (χ4n) is 3.82. The number of piperazine rings is 1. The molecule has 1 amide bonds. The van der Waals surface area contributed by atoms with Crippen LogP contribution in [0.1, 0.15) is 6.42 Å². The summed E-state index contributed by atoms with van der Waals surface area (Å²) in [7, 11) is 0. The number of primary amides is 1. The lowest BCUT2D eigenvalue weighted by Gasteiger charge is -2.42. The summed E-state index contributed by atoms with van der Waals surface area (Å²) in [6.45, 7) is 4.44. The summed E-state index contributed by atoms with van der Waals surface area (Å²) in [5.41, 5.74) is 8.78. The second kappa shape index (κ2) is 8.22. The first-order chi connectivity index (χ1) is 13.7. The monoisotopic (exact) mass is 393 g/mol. The lowest BCUT2D eigenvalue weighted by molar-refractivity contribution is -0.118. The Kier molecular flexibility index (Phi) is 5.52. The molecule has 1 aliphatic rings. The van der Waals surface area contributed by atoms with Crippen molar-refractivity contribution >= 4 is 28.1 Å². The van der Waals surface area contributed by atoms with Crippen molar-refractivity contribution in [2.24, 2.45) is 5.73 Å². The molecule has 28 heavy (non-hydrogen) atoms. The first-order valence-corrected chi connectivity index (χ1v) is 10.5. The molecule has 6 heteroatoms. The molecular formula is C22H25N4OS+. The molecule has 5 nitrogen and oxygen atoms in total. The smallest absolute Gasteiger partial charge is 0.291 e. The molecule has 1 aliphatic heterocycles. The minimum absolute atomic E-state index is 0.234. The van der Waals surface area contributed by atoms with Gasteiger partial charge in [0.25, 0.3) is 5.13 Å². The third-order valence-corrected chi connectivity index (χ3v) is 6.44. The number of thiazole rings is 1. The number of nitrogens with two attached hydrogens (primary N) is 1. The lowest BCUT2D eigenvalue weighted by Crippen LogP contribution is -2.57. The minimum Gasteiger partial charge on any atom is -0.370 e. The second-order valence-corrected chi connectivity index (χ2v) is 8.03. The normalized spacial score (nSPS) is 16.7. The predicted octanol–water partition coefficient (Wildman–Crippen LogP) is 3.64. The number of carbonyl (C=O) groups excluding carboxylic acids is 1. The summed E-state index contributed by atoms with van der Waals surface area (Å²) < 4.78 is 0.755. The predicted molar refractivity (Wildman–Crippen MR) is 115 cm³/mol. The van der Waals surface area contributed by atoms with Gasteiger partial charge >= 0.3 is 0 Å². The van der Waals surface area contributed by atoms with E-state index in [1.165, 1.54) is 5.69 Å². The van der Waals surface area contributed by atoms with Gasteiger partial charge in [0.15, 0.2) is 0 Å². The third-order valence-electron chi connectivity index (χ3n) is 5.45. The molecule has 1 saturated heterocycles. The summed E-state index contributed by atoms with van der Waals surface area (Å²) in [5, 5.41) is 3.28. The number of quaternary nitrogens is 1. The van der Waals surface area contributed by atoms with Crippen LogP contribution in [0.2, 0.25) is 0 Å². The molecule has 2 N–H and O–H groups in total. The van der Waals surface area contributed by atoms with Crippen LogP contribution in [0, 0.1) is 0 Å². The SMILES string of the molecule is NC(=O)CCN1CC[N+](c2ccccc2)(c2nc(-c3ccccc3)cs2)CC1. The number of nitrogens with zero attached hydrogens (tertiary/aromatic N) is 3. The quantitative estimate of drug-likeness (QED) is 0.651. The van der Waals surface area contributed by atoms with Gasteiger partial charge in [0.05, 0.1) is 5.69 Å². The summed E-state index contributed by atoms with van der Waals surface area (Å²) in [6.07, 6.45) is 0.417. The molecule has 1 fully saturated rings. The summed E-state index contributed by atoms with van der Waals surface area (Å²) in [6, 6.07) is 21.0. The zero-order valence-corrected chi connectivity index (χ0v) is 16.6. The average molecular weight is 394 g/mol. The first-order valence-electron chi connectivity index (χ1n) is 9.62. The Hall–Kier alpha value is -2.54. The molecule has 144 valence electrons. The van der Waals surface area contributed by atoms with Crippen LogP contribution >= 0.6 is 11.3 Å². The van der Waals surface area contributed by atoms with Crippen molar-refractivity contribution in [2.75, 3.05) is 32.7 Å². The Morgan fingerprint density at radius 2 is 1.68 bits per heavy atom. The molecule has 3 aromatic rings. The van der Waals surface area contributed by atoms with Crippen molar-refractivity contribution < 1.29 is 4.79 Å². The third kappa shape index (κ3) is 3.85. The minimum atomic E-state index is -0.234. The molecule has 0 atom stereocenters. The highest BCUT2D eigenvalue weighted by Crippen LogP contribution is 2.39. The Morgan fingerprint density at radius 1 is 1.04 bits per heavy atom. The van der Waals surface area contributed by atoms with Crippen LogP contribution in [-0.4, -0.2) is 48.5 Å². The Labute approximate surface area is 169 Å². The fraction of sp³-hybridized carbons (Fsp3) is 0.273. The van der Waals surface area contributed by atoms with Crippen molar-refractivity contribution in [3.05, 3.63) is 66.0 Å². The Morgan fingerprint density at radius 3 is 2.32 bits per heavy atom. The molecule has 1 aromatic heterocycles. The van der Waals surface area contributed by atoms with E-state index in [1.54, 1.807) is 11.3 Å².